The van der Waals surface area contributed by atoms with E-state index in [1.165, 1.54) is 0 Å². The van der Waals surface area contributed by atoms with Crippen LogP contribution in [-0.4, -0.2) is 13.1 Å². The molecule has 14 heavy (non-hydrogen) atoms. The van der Waals surface area contributed by atoms with Crippen molar-refractivity contribution in [1.29, 1.82) is 5.26 Å². The van der Waals surface area contributed by atoms with Gasteiger partial charge in [0.15, 0.2) is 0 Å². The Morgan fingerprint density at radius 2 is 2.07 bits per heavy atom. The Morgan fingerprint density at radius 1 is 1.43 bits per heavy atom. The minimum atomic E-state index is 0.364. The smallest absolute Gasteiger partial charge is 0.102 e. The predicted octanol–water partition coefficient (Wildman–Crippen LogP) is 1.59. The fraction of sp³-hybridized carbons (Fsp3) is 0.364. The Morgan fingerprint density at radius 3 is 2.57 bits per heavy atom. The molecule has 0 saturated carbocycles. The summed E-state index contributed by atoms with van der Waals surface area (Å²) >= 11 is 0. The molecular weight excluding hydrogens is 174 g/mol. The Labute approximate surface area is 84.7 Å². The van der Waals surface area contributed by atoms with Crippen LogP contribution in [0.1, 0.15) is 19.4 Å². The van der Waals surface area contributed by atoms with Crippen molar-refractivity contribution in [3.05, 3.63) is 23.8 Å². The first-order chi connectivity index (χ1) is 6.72. The lowest BCUT2D eigenvalue weighted by Crippen LogP contribution is -2.21. The van der Waals surface area contributed by atoms with Crippen molar-refractivity contribution in [1.82, 2.24) is 0 Å². The van der Waals surface area contributed by atoms with Crippen LogP contribution < -0.4 is 10.6 Å². The van der Waals surface area contributed by atoms with Crippen molar-refractivity contribution in [3.8, 4) is 6.07 Å². The van der Waals surface area contributed by atoms with Crippen LogP contribution in [0.5, 0.6) is 0 Å². The molecule has 3 heteroatoms. The van der Waals surface area contributed by atoms with Gasteiger partial charge in [-0.3, -0.25) is 0 Å². The number of hydrogen-bond acceptors (Lipinski definition) is 3. The second-order valence-electron chi connectivity index (χ2n) is 2.89. The molecular formula is C11H13N3. The Balaban J connectivity index is 3.06. The molecule has 0 spiro atoms. The van der Waals surface area contributed by atoms with Gasteiger partial charge in [0.05, 0.1) is 11.3 Å². The van der Waals surface area contributed by atoms with Crippen LogP contribution in [0.15, 0.2) is 6.07 Å². The van der Waals surface area contributed by atoms with Gasteiger partial charge in [-0.25, -0.2) is 0 Å². The molecule has 0 unspecified atom stereocenters. The van der Waals surface area contributed by atoms with E-state index in [2.05, 4.69) is 30.9 Å². The van der Waals surface area contributed by atoms with E-state index in [9.17, 15) is 0 Å². The molecule has 0 radical (unpaired) electrons. The van der Waals surface area contributed by atoms with Gasteiger partial charge in [0, 0.05) is 13.1 Å². The molecule has 1 aromatic rings. The first-order valence-electron chi connectivity index (χ1n) is 4.61. The van der Waals surface area contributed by atoms with Crippen LogP contribution in [0.4, 0.5) is 11.4 Å². The third-order valence-electron chi connectivity index (χ3n) is 2.12. The highest BCUT2D eigenvalue weighted by molar-refractivity contribution is 5.58. The summed E-state index contributed by atoms with van der Waals surface area (Å²) in [6.45, 7) is 5.88. The molecule has 72 valence electrons. The maximum absolute atomic E-state index is 8.79. The first-order valence-corrected chi connectivity index (χ1v) is 4.61. The zero-order chi connectivity index (χ0) is 10.6. The molecule has 0 fully saturated rings. The molecule has 0 atom stereocenters. The molecule has 0 aromatic heterocycles. The average molecular weight is 187 g/mol. The zero-order valence-electron chi connectivity index (χ0n) is 8.46. The molecule has 0 saturated heterocycles. The van der Waals surface area contributed by atoms with Crippen LogP contribution in [0.25, 0.3) is 0 Å². The van der Waals surface area contributed by atoms with Gasteiger partial charge >= 0.3 is 0 Å². The van der Waals surface area contributed by atoms with E-state index < -0.39 is 0 Å². The van der Waals surface area contributed by atoms with Gasteiger partial charge in [-0.2, -0.15) is 5.26 Å². The maximum atomic E-state index is 8.79. The van der Waals surface area contributed by atoms with Gasteiger partial charge in [-0.05, 0) is 32.0 Å². The number of nitrogens with zero attached hydrogens (tertiary/aromatic N) is 2. The Kier molecular flexibility index (Phi) is 3.20. The van der Waals surface area contributed by atoms with Crippen molar-refractivity contribution >= 4 is 11.4 Å². The molecule has 0 aliphatic carbocycles. The van der Waals surface area contributed by atoms with Crippen molar-refractivity contribution < 1.29 is 0 Å². The summed E-state index contributed by atoms with van der Waals surface area (Å²) in [6, 6.07) is 9.48. The fourth-order valence-electron chi connectivity index (χ4n) is 1.28. The topological polar surface area (TPSA) is 53.0 Å². The normalized spacial score (nSPS) is 8.93. The van der Waals surface area contributed by atoms with Crippen LogP contribution in [0.2, 0.25) is 0 Å². The number of hydrogen-bond donors (Lipinski definition) is 1. The molecule has 1 rings (SSSR count). The summed E-state index contributed by atoms with van der Waals surface area (Å²) in [5.74, 6) is 0. The van der Waals surface area contributed by atoms with Crippen molar-refractivity contribution in [3.63, 3.8) is 0 Å². The highest BCUT2D eigenvalue weighted by Gasteiger charge is 2.04. The standard InChI is InChI=1S/C11H13N3/c1-3-14(4-2)10-5-6-11(13)9(7-10)8-12/h7H,3-4,13H2,1-2H3. The van der Waals surface area contributed by atoms with Gasteiger partial charge in [0.1, 0.15) is 11.8 Å². The Hall–Kier alpha value is -1.87. The monoisotopic (exact) mass is 187 g/mol. The predicted molar refractivity (Wildman–Crippen MR) is 56.8 cm³/mol. The quantitative estimate of drug-likeness (QED) is 0.781. The van der Waals surface area contributed by atoms with Crippen molar-refractivity contribution in [2.24, 2.45) is 0 Å². The number of anilines is 2. The highest BCUT2D eigenvalue weighted by Crippen LogP contribution is 2.15. The summed E-state index contributed by atoms with van der Waals surface area (Å²) in [5.41, 5.74) is 7.26. The lowest BCUT2D eigenvalue weighted by molar-refractivity contribution is 0.866. The number of nitrogens with two attached hydrogens (primary N) is 1. The van der Waals surface area contributed by atoms with Crippen LogP contribution in [0, 0.1) is 23.5 Å². The summed E-state index contributed by atoms with van der Waals surface area (Å²) in [5, 5.41) is 8.79. The maximum Gasteiger partial charge on any atom is 0.102 e. The highest BCUT2D eigenvalue weighted by atomic mass is 15.1. The van der Waals surface area contributed by atoms with Crippen molar-refractivity contribution in [2.45, 2.75) is 13.8 Å². The molecule has 0 aliphatic rings. The molecule has 0 heterocycles. The summed E-state index contributed by atoms with van der Waals surface area (Å²) in [7, 11) is 0. The van der Waals surface area contributed by atoms with Gasteiger partial charge in [0.2, 0.25) is 0 Å². The largest absolute Gasteiger partial charge is 0.391 e. The summed E-state index contributed by atoms with van der Waals surface area (Å²) in [4.78, 5) is 2.09. The first kappa shape index (κ1) is 10.2. The molecule has 0 aliphatic heterocycles. The van der Waals surface area contributed by atoms with E-state index in [4.69, 9.17) is 11.0 Å². The molecule has 2 N–H and O–H groups in total. The second kappa shape index (κ2) is 4.39. The molecule has 0 amide bonds. The fourth-order valence-corrected chi connectivity index (χ4v) is 1.28. The second-order valence-corrected chi connectivity index (χ2v) is 2.89. The van der Waals surface area contributed by atoms with E-state index in [1.54, 1.807) is 6.07 Å². The third kappa shape index (κ3) is 1.89. The van der Waals surface area contributed by atoms with Crippen molar-refractivity contribution in [2.75, 3.05) is 23.7 Å². The van der Waals surface area contributed by atoms with Crippen LogP contribution >= 0.6 is 0 Å². The van der Waals surface area contributed by atoms with Crippen LogP contribution in [0.3, 0.4) is 0 Å². The molecule has 3 nitrogen and oxygen atoms in total. The van der Waals surface area contributed by atoms with Gasteiger partial charge < -0.3 is 10.6 Å². The number of nitrogen functional groups attached to an aromatic ring is 1. The van der Waals surface area contributed by atoms with Gasteiger partial charge in [-0.1, -0.05) is 0 Å². The lowest BCUT2D eigenvalue weighted by atomic mass is 10.2. The van der Waals surface area contributed by atoms with E-state index in [1.807, 2.05) is 6.07 Å². The number of nitriles is 1. The van der Waals surface area contributed by atoms with Gasteiger partial charge in [0.25, 0.3) is 0 Å². The van der Waals surface area contributed by atoms with E-state index in [0.717, 1.165) is 18.8 Å². The summed E-state index contributed by atoms with van der Waals surface area (Å²) in [6.07, 6.45) is 0. The lowest BCUT2D eigenvalue weighted by Gasteiger charge is -2.18. The van der Waals surface area contributed by atoms with E-state index >= 15 is 0 Å². The summed E-state index contributed by atoms with van der Waals surface area (Å²) < 4.78 is 0. The van der Waals surface area contributed by atoms with E-state index in [0.29, 0.717) is 11.3 Å². The average Bonchev–Trinajstić information content (AvgIpc) is 2.22. The SMILES string of the molecule is CCN(CC)c1c#cc(N)c(C#N)c1. The molecule has 0 bridgehead atoms. The zero-order valence-corrected chi connectivity index (χ0v) is 8.46. The minimum absolute atomic E-state index is 0.364. The Bertz CT molecular complexity index is 348. The van der Waals surface area contributed by atoms with E-state index in [-0.39, 0.29) is 0 Å². The molecule has 1 aromatic carbocycles. The minimum Gasteiger partial charge on any atom is -0.391 e. The van der Waals surface area contributed by atoms with Crippen LogP contribution in [-0.2, 0) is 0 Å². The third-order valence-corrected chi connectivity index (χ3v) is 2.12. The number of rotatable bonds is 3. The van der Waals surface area contributed by atoms with Gasteiger partial charge in [-0.15, -0.1) is 0 Å².